The van der Waals surface area contributed by atoms with Gasteiger partial charge in [-0.25, -0.2) is 0 Å². The van der Waals surface area contributed by atoms with Crippen molar-refractivity contribution in [3.8, 4) is 5.75 Å². The normalized spacial score (nSPS) is 12.4. The predicted molar refractivity (Wildman–Crippen MR) is 80.8 cm³/mol. The maximum atomic E-state index is 5.97. The van der Waals surface area contributed by atoms with E-state index in [-0.39, 0.29) is 6.04 Å². The second-order valence-corrected chi connectivity index (χ2v) is 5.09. The summed E-state index contributed by atoms with van der Waals surface area (Å²) in [5.74, 6) is 0.934. The number of aryl methyl sites for hydroxylation is 2. The summed E-state index contributed by atoms with van der Waals surface area (Å²) < 4.78 is 7.76. The molecule has 0 aliphatic rings. The topological polar surface area (TPSA) is 39.1 Å². The van der Waals surface area contributed by atoms with Gasteiger partial charge in [0.05, 0.1) is 5.69 Å². The first-order valence-corrected chi connectivity index (χ1v) is 7.05. The van der Waals surface area contributed by atoms with Gasteiger partial charge in [0, 0.05) is 24.8 Å². The fourth-order valence-corrected chi connectivity index (χ4v) is 2.23. The molecule has 0 spiro atoms. The predicted octanol–water partition coefficient (Wildman–Crippen LogP) is 2.98. The Hall–Kier alpha value is -1.81. The zero-order valence-electron chi connectivity index (χ0n) is 12.7. The van der Waals surface area contributed by atoms with E-state index in [1.54, 1.807) is 4.68 Å². The van der Waals surface area contributed by atoms with Crippen molar-refractivity contribution < 1.29 is 4.74 Å². The van der Waals surface area contributed by atoms with Crippen molar-refractivity contribution in [1.29, 1.82) is 0 Å². The van der Waals surface area contributed by atoms with Crippen molar-refractivity contribution in [1.82, 2.24) is 15.1 Å². The highest BCUT2D eigenvalue weighted by Gasteiger charge is 2.11. The number of benzene rings is 1. The molecule has 1 N–H and O–H groups in total. The number of hydrogen-bond acceptors (Lipinski definition) is 3. The zero-order valence-corrected chi connectivity index (χ0v) is 12.7. The van der Waals surface area contributed by atoms with Gasteiger partial charge in [-0.1, -0.05) is 19.1 Å². The summed E-state index contributed by atoms with van der Waals surface area (Å²) >= 11 is 0. The molecule has 4 heteroatoms. The molecule has 0 bridgehead atoms. The van der Waals surface area contributed by atoms with Gasteiger partial charge >= 0.3 is 0 Å². The number of nitrogens with zero attached hydrogens (tertiary/aromatic N) is 2. The summed E-state index contributed by atoms with van der Waals surface area (Å²) in [4.78, 5) is 0. The second-order valence-electron chi connectivity index (χ2n) is 5.09. The van der Waals surface area contributed by atoms with Gasteiger partial charge in [-0.15, -0.1) is 0 Å². The van der Waals surface area contributed by atoms with E-state index in [0.717, 1.165) is 18.0 Å². The highest BCUT2D eigenvalue weighted by molar-refractivity contribution is 5.39. The zero-order chi connectivity index (χ0) is 14.5. The first kappa shape index (κ1) is 14.6. The molecule has 1 aromatic heterocycles. The third-order valence-corrected chi connectivity index (χ3v) is 3.29. The lowest BCUT2D eigenvalue weighted by atomic mass is 10.0. The minimum atomic E-state index is 0.277. The van der Waals surface area contributed by atoms with Gasteiger partial charge in [-0.05, 0) is 38.1 Å². The molecule has 108 valence electrons. The highest BCUT2D eigenvalue weighted by atomic mass is 16.5. The Bertz CT molecular complexity index is 563. The molecule has 4 nitrogen and oxygen atoms in total. The van der Waals surface area contributed by atoms with Crippen LogP contribution in [-0.4, -0.2) is 16.3 Å². The Balaban J connectivity index is 2.14. The van der Waals surface area contributed by atoms with Crippen LogP contribution in [0, 0.1) is 6.92 Å². The van der Waals surface area contributed by atoms with Crippen molar-refractivity contribution in [2.75, 3.05) is 6.54 Å². The van der Waals surface area contributed by atoms with Crippen molar-refractivity contribution >= 4 is 0 Å². The molecule has 0 saturated carbocycles. The molecule has 0 amide bonds. The van der Waals surface area contributed by atoms with Crippen LogP contribution in [0.15, 0.2) is 30.5 Å². The van der Waals surface area contributed by atoms with Crippen molar-refractivity contribution in [2.45, 2.75) is 33.4 Å². The minimum absolute atomic E-state index is 0.277. The van der Waals surface area contributed by atoms with Crippen molar-refractivity contribution in [2.24, 2.45) is 7.05 Å². The van der Waals surface area contributed by atoms with Crippen LogP contribution in [0.1, 0.15) is 36.7 Å². The number of aromatic nitrogens is 2. The molecule has 1 heterocycles. The van der Waals surface area contributed by atoms with Gasteiger partial charge in [0.1, 0.15) is 12.4 Å². The van der Waals surface area contributed by atoms with E-state index in [1.165, 1.54) is 11.1 Å². The summed E-state index contributed by atoms with van der Waals surface area (Å²) in [6.45, 7) is 7.78. The van der Waals surface area contributed by atoms with Gasteiger partial charge in [-0.3, -0.25) is 4.68 Å². The Morgan fingerprint density at radius 3 is 2.80 bits per heavy atom. The van der Waals surface area contributed by atoms with Crippen LogP contribution in [0.3, 0.4) is 0 Å². The molecule has 2 aromatic rings. The lowest BCUT2D eigenvalue weighted by molar-refractivity contribution is 0.294. The van der Waals surface area contributed by atoms with E-state index in [2.05, 4.69) is 49.4 Å². The first-order valence-electron chi connectivity index (χ1n) is 7.05. The van der Waals surface area contributed by atoms with E-state index in [9.17, 15) is 0 Å². The van der Waals surface area contributed by atoms with Crippen molar-refractivity contribution in [3.63, 3.8) is 0 Å². The van der Waals surface area contributed by atoms with Gasteiger partial charge in [0.25, 0.3) is 0 Å². The first-order chi connectivity index (χ1) is 9.60. The van der Waals surface area contributed by atoms with Crippen LogP contribution in [-0.2, 0) is 13.7 Å². The number of nitrogens with one attached hydrogen (secondary N) is 1. The molecule has 2 rings (SSSR count). The largest absolute Gasteiger partial charge is 0.487 e. The van der Waals surface area contributed by atoms with Crippen LogP contribution in [0.5, 0.6) is 5.75 Å². The Morgan fingerprint density at radius 1 is 1.35 bits per heavy atom. The molecule has 0 radical (unpaired) electrons. The monoisotopic (exact) mass is 273 g/mol. The second kappa shape index (κ2) is 6.57. The third kappa shape index (κ3) is 3.61. The summed E-state index contributed by atoms with van der Waals surface area (Å²) in [5.41, 5.74) is 3.33. The van der Waals surface area contributed by atoms with Gasteiger partial charge in [0.2, 0.25) is 0 Å². The minimum Gasteiger partial charge on any atom is -0.487 e. The third-order valence-electron chi connectivity index (χ3n) is 3.29. The van der Waals surface area contributed by atoms with Gasteiger partial charge in [-0.2, -0.15) is 5.10 Å². The standard InChI is InChI=1S/C16H23N3O/c1-5-17-13(3)15-7-6-12(2)10-16(15)20-11-14-8-9-19(4)18-14/h6-10,13,17H,5,11H2,1-4H3. The van der Waals surface area contributed by atoms with Gasteiger partial charge < -0.3 is 10.1 Å². The molecule has 0 fully saturated rings. The average Bonchev–Trinajstić information content (AvgIpc) is 2.82. The molecule has 20 heavy (non-hydrogen) atoms. The van der Waals surface area contributed by atoms with Crippen LogP contribution >= 0.6 is 0 Å². The molecule has 1 atom stereocenters. The Kier molecular flexibility index (Phi) is 4.79. The highest BCUT2D eigenvalue weighted by Crippen LogP contribution is 2.27. The van der Waals surface area contributed by atoms with Crippen LogP contribution in [0.25, 0.3) is 0 Å². The van der Waals surface area contributed by atoms with Crippen molar-refractivity contribution in [3.05, 3.63) is 47.3 Å². The summed E-state index contributed by atoms with van der Waals surface area (Å²) in [6.07, 6.45) is 1.93. The number of rotatable bonds is 6. The Morgan fingerprint density at radius 2 is 2.15 bits per heavy atom. The van der Waals surface area contributed by atoms with Gasteiger partial charge in [0.15, 0.2) is 0 Å². The maximum absolute atomic E-state index is 5.97. The molecular formula is C16H23N3O. The quantitative estimate of drug-likeness (QED) is 0.879. The number of hydrogen-bond donors (Lipinski definition) is 1. The molecule has 1 unspecified atom stereocenters. The number of ether oxygens (including phenoxy) is 1. The summed E-state index contributed by atoms with van der Waals surface area (Å²) in [7, 11) is 1.91. The Labute approximate surface area is 120 Å². The van der Waals surface area contributed by atoms with E-state index in [0.29, 0.717) is 6.61 Å². The van der Waals surface area contributed by atoms with E-state index in [4.69, 9.17) is 4.74 Å². The lowest BCUT2D eigenvalue weighted by Crippen LogP contribution is -2.18. The summed E-state index contributed by atoms with van der Waals surface area (Å²) in [6, 6.07) is 8.60. The van der Waals surface area contributed by atoms with E-state index < -0.39 is 0 Å². The van der Waals surface area contributed by atoms with E-state index in [1.807, 2.05) is 19.3 Å². The SMILES string of the molecule is CCNC(C)c1ccc(C)cc1OCc1ccn(C)n1. The molecule has 0 aliphatic heterocycles. The van der Waals surface area contributed by atoms with Crippen LogP contribution in [0.4, 0.5) is 0 Å². The van der Waals surface area contributed by atoms with Crippen LogP contribution < -0.4 is 10.1 Å². The lowest BCUT2D eigenvalue weighted by Gasteiger charge is -2.18. The fraction of sp³-hybridized carbons (Fsp3) is 0.438. The summed E-state index contributed by atoms with van der Waals surface area (Å²) in [5, 5.41) is 7.76. The smallest absolute Gasteiger partial charge is 0.132 e. The molecule has 0 saturated heterocycles. The molecular weight excluding hydrogens is 250 g/mol. The maximum Gasteiger partial charge on any atom is 0.132 e. The van der Waals surface area contributed by atoms with E-state index >= 15 is 0 Å². The fourth-order valence-electron chi connectivity index (χ4n) is 2.23. The van der Waals surface area contributed by atoms with Crippen LogP contribution in [0.2, 0.25) is 0 Å². The molecule has 0 aliphatic carbocycles. The average molecular weight is 273 g/mol. The molecule has 1 aromatic carbocycles.